The number of hydrogen-bond donors (Lipinski definition) is 1. The molecule has 0 aromatic rings. The first-order chi connectivity index (χ1) is 9.65. The molecule has 0 radical (unpaired) electrons. The van der Waals surface area contributed by atoms with E-state index in [4.69, 9.17) is 5.73 Å². The van der Waals surface area contributed by atoms with Gasteiger partial charge in [0, 0.05) is 51.9 Å². The summed E-state index contributed by atoms with van der Waals surface area (Å²) in [5.41, 5.74) is 5.81. The average Bonchev–Trinajstić information content (AvgIpc) is 2.49. The third kappa shape index (κ3) is 3.64. The molecule has 2 saturated heterocycles. The van der Waals surface area contributed by atoms with E-state index in [-0.39, 0.29) is 6.03 Å². The van der Waals surface area contributed by atoms with Gasteiger partial charge in [-0.3, -0.25) is 4.90 Å². The highest BCUT2D eigenvalue weighted by Gasteiger charge is 2.28. The standard InChI is InChI=1S/C15H30N4O/c1-3-14(12-16)17-8-10-19(11-9-17)15(20)18-6-4-13(2)5-7-18/h13-14H,3-12,16H2,1-2H3. The highest BCUT2D eigenvalue weighted by Crippen LogP contribution is 2.18. The van der Waals surface area contributed by atoms with E-state index in [1.165, 1.54) is 0 Å². The van der Waals surface area contributed by atoms with Crippen LogP contribution in [0.15, 0.2) is 0 Å². The van der Waals surface area contributed by atoms with Crippen molar-refractivity contribution >= 4 is 6.03 Å². The molecular weight excluding hydrogens is 252 g/mol. The zero-order valence-corrected chi connectivity index (χ0v) is 13.1. The number of hydrogen-bond acceptors (Lipinski definition) is 3. The number of piperazine rings is 1. The SMILES string of the molecule is CCC(CN)N1CCN(C(=O)N2CCC(C)CC2)CC1. The zero-order valence-electron chi connectivity index (χ0n) is 13.1. The maximum absolute atomic E-state index is 12.5. The molecule has 116 valence electrons. The third-order valence-corrected chi connectivity index (χ3v) is 4.90. The Kier molecular flexibility index (Phi) is 5.66. The zero-order chi connectivity index (χ0) is 14.5. The lowest BCUT2D eigenvalue weighted by Crippen LogP contribution is -2.56. The Balaban J connectivity index is 1.79. The van der Waals surface area contributed by atoms with Gasteiger partial charge < -0.3 is 15.5 Å². The van der Waals surface area contributed by atoms with Crippen molar-refractivity contribution in [1.29, 1.82) is 0 Å². The van der Waals surface area contributed by atoms with Crippen molar-refractivity contribution in [2.24, 2.45) is 11.7 Å². The molecule has 2 N–H and O–H groups in total. The van der Waals surface area contributed by atoms with Crippen molar-refractivity contribution in [3.63, 3.8) is 0 Å². The quantitative estimate of drug-likeness (QED) is 0.846. The molecule has 1 atom stereocenters. The maximum Gasteiger partial charge on any atom is 0.320 e. The second-order valence-electron chi connectivity index (χ2n) is 6.27. The van der Waals surface area contributed by atoms with E-state index in [1.54, 1.807) is 0 Å². The molecule has 2 aliphatic heterocycles. The summed E-state index contributed by atoms with van der Waals surface area (Å²) in [4.78, 5) is 19.0. The molecule has 2 heterocycles. The first-order valence-electron chi connectivity index (χ1n) is 8.13. The van der Waals surface area contributed by atoms with Crippen molar-refractivity contribution < 1.29 is 4.79 Å². The molecule has 2 fully saturated rings. The molecule has 2 amide bonds. The van der Waals surface area contributed by atoms with Crippen LogP contribution in [0.2, 0.25) is 0 Å². The smallest absolute Gasteiger partial charge is 0.320 e. The monoisotopic (exact) mass is 282 g/mol. The molecule has 0 aliphatic carbocycles. The minimum Gasteiger partial charge on any atom is -0.329 e. The second kappa shape index (κ2) is 7.27. The number of piperidine rings is 1. The highest BCUT2D eigenvalue weighted by molar-refractivity contribution is 5.74. The van der Waals surface area contributed by atoms with Gasteiger partial charge in [0.25, 0.3) is 0 Å². The van der Waals surface area contributed by atoms with E-state index in [9.17, 15) is 4.79 Å². The van der Waals surface area contributed by atoms with Crippen molar-refractivity contribution in [2.75, 3.05) is 45.8 Å². The van der Waals surface area contributed by atoms with E-state index in [0.29, 0.717) is 12.6 Å². The fourth-order valence-electron chi connectivity index (χ4n) is 3.25. The van der Waals surface area contributed by atoms with E-state index in [2.05, 4.69) is 18.7 Å². The summed E-state index contributed by atoms with van der Waals surface area (Å²) < 4.78 is 0. The number of nitrogens with two attached hydrogens (primary N) is 1. The van der Waals surface area contributed by atoms with Crippen LogP contribution in [-0.4, -0.2) is 72.6 Å². The summed E-state index contributed by atoms with van der Waals surface area (Å²) >= 11 is 0. The number of nitrogens with zero attached hydrogens (tertiary/aromatic N) is 3. The Hall–Kier alpha value is -0.810. The summed E-state index contributed by atoms with van der Waals surface area (Å²) in [6.07, 6.45) is 3.39. The fraction of sp³-hybridized carbons (Fsp3) is 0.933. The molecule has 0 spiro atoms. The summed E-state index contributed by atoms with van der Waals surface area (Å²) in [6.45, 7) is 10.7. The molecule has 0 aromatic carbocycles. The minimum absolute atomic E-state index is 0.248. The van der Waals surface area contributed by atoms with E-state index < -0.39 is 0 Å². The van der Waals surface area contributed by atoms with Crippen molar-refractivity contribution in [2.45, 2.75) is 39.2 Å². The molecule has 2 aliphatic rings. The molecular formula is C15H30N4O. The minimum atomic E-state index is 0.248. The van der Waals surface area contributed by atoms with Crippen LogP contribution in [0.5, 0.6) is 0 Å². The number of amides is 2. The Morgan fingerprint density at radius 3 is 2.15 bits per heavy atom. The lowest BCUT2D eigenvalue weighted by Gasteiger charge is -2.41. The van der Waals surface area contributed by atoms with Crippen LogP contribution < -0.4 is 5.73 Å². The van der Waals surface area contributed by atoms with Crippen LogP contribution in [0.3, 0.4) is 0 Å². The van der Waals surface area contributed by atoms with Gasteiger partial charge in [-0.25, -0.2) is 4.79 Å². The molecule has 2 rings (SSSR count). The summed E-state index contributed by atoms with van der Waals surface area (Å²) in [6, 6.07) is 0.723. The summed E-state index contributed by atoms with van der Waals surface area (Å²) in [5, 5.41) is 0. The normalized spacial score (nSPS) is 23.9. The summed E-state index contributed by atoms with van der Waals surface area (Å²) in [7, 11) is 0. The average molecular weight is 282 g/mol. The molecule has 20 heavy (non-hydrogen) atoms. The summed E-state index contributed by atoms with van der Waals surface area (Å²) in [5.74, 6) is 0.769. The Morgan fingerprint density at radius 2 is 1.65 bits per heavy atom. The van der Waals surface area contributed by atoms with E-state index >= 15 is 0 Å². The van der Waals surface area contributed by atoms with Crippen molar-refractivity contribution in [3.8, 4) is 0 Å². The number of likely N-dealkylation sites (tertiary alicyclic amines) is 1. The largest absolute Gasteiger partial charge is 0.329 e. The molecule has 5 heteroatoms. The molecule has 5 nitrogen and oxygen atoms in total. The topological polar surface area (TPSA) is 52.8 Å². The first kappa shape index (κ1) is 15.6. The number of rotatable bonds is 3. The lowest BCUT2D eigenvalue weighted by atomic mass is 9.99. The van der Waals surface area contributed by atoms with Gasteiger partial charge in [0.15, 0.2) is 0 Å². The Bertz CT molecular complexity index is 303. The van der Waals surface area contributed by atoms with Gasteiger partial charge in [-0.1, -0.05) is 13.8 Å². The van der Waals surface area contributed by atoms with Gasteiger partial charge in [-0.2, -0.15) is 0 Å². The van der Waals surface area contributed by atoms with Gasteiger partial charge >= 0.3 is 6.03 Å². The molecule has 0 bridgehead atoms. The van der Waals surface area contributed by atoms with Gasteiger partial charge in [0.1, 0.15) is 0 Å². The van der Waals surface area contributed by atoms with Crippen molar-refractivity contribution in [1.82, 2.24) is 14.7 Å². The van der Waals surface area contributed by atoms with Crippen LogP contribution in [0.4, 0.5) is 4.79 Å². The number of carbonyl (C=O) groups is 1. The van der Waals surface area contributed by atoms with Crippen LogP contribution in [0, 0.1) is 5.92 Å². The first-order valence-corrected chi connectivity index (χ1v) is 8.13. The Morgan fingerprint density at radius 1 is 1.10 bits per heavy atom. The van der Waals surface area contributed by atoms with E-state index in [1.807, 2.05) is 9.80 Å². The van der Waals surface area contributed by atoms with Crippen molar-refractivity contribution in [3.05, 3.63) is 0 Å². The second-order valence-corrected chi connectivity index (χ2v) is 6.27. The third-order valence-electron chi connectivity index (χ3n) is 4.90. The van der Waals surface area contributed by atoms with Crippen LogP contribution in [0.25, 0.3) is 0 Å². The number of carbonyl (C=O) groups excluding carboxylic acids is 1. The van der Waals surface area contributed by atoms with Crippen LogP contribution >= 0.6 is 0 Å². The maximum atomic E-state index is 12.5. The predicted octanol–water partition coefficient (Wildman–Crippen LogP) is 1.19. The molecule has 0 aromatic heterocycles. The predicted molar refractivity (Wildman–Crippen MR) is 81.6 cm³/mol. The van der Waals surface area contributed by atoms with Gasteiger partial charge in [-0.15, -0.1) is 0 Å². The van der Waals surface area contributed by atoms with Crippen LogP contribution in [0.1, 0.15) is 33.1 Å². The molecule has 1 unspecified atom stereocenters. The fourth-order valence-corrected chi connectivity index (χ4v) is 3.25. The van der Waals surface area contributed by atoms with Gasteiger partial charge in [-0.05, 0) is 25.2 Å². The number of urea groups is 1. The Labute approximate surface area is 123 Å². The van der Waals surface area contributed by atoms with Gasteiger partial charge in [0.05, 0.1) is 0 Å². The van der Waals surface area contributed by atoms with E-state index in [0.717, 1.165) is 64.4 Å². The van der Waals surface area contributed by atoms with Gasteiger partial charge in [0.2, 0.25) is 0 Å². The highest BCUT2D eigenvalue weighted by atomic mass is 16.2. The lowest BCUT2D eigenvalue weighted by molar-refractivity contribution is 0.0847. The molecule has 0 saturated carbocycles. The van der Waals surface area contributed by atoms with Crippen LogP contribution in [-0.2, 0) is 0 Å².